The zero-order valence-corrected chi connectivity index (χ0v) is 10.6. The van der Waals surface area contributed by atoms with Crippen molar-refractivity contribution in [3.63, 3.8) is 0 Å². The van der Waals surface area contributed by atoms with E-state index in [1.807, 2.05) is 13.0 Å². The molecule has 0 saturated carbocycles. The summed E-state index contributed by atoms with van der Waals surface area (Å²) in [5.41, 5.74) is 5.94. The van der Waals surface area contributed by atoms with Gasteiger partial charge in [-0.1, -0.05) is 18.2 Å². The van der Waals surface area contributed by atoms with Gasteiger partial charge >= 0.3 is 5.97 Å². The maximum absolute atomic E-state index is 10.9. The van der Waals surface area contributed by atoms with E-state index in [0.717, 1.165) is 16.7 Å². The molecule has 0 aliphatic carbocycles. The first kappa shape index (κ1) is 11.9. The Kier molecular flexibility index (Phi) is 2.84. The van der Waals surface area contributed by atoms with Gasteiger partial charge in [0.25, 0.3) is 0 Å². The van der Waals surface area contributed by atoms with Crippen LogP contribution in [0, 0.1) is 6.92 Å². The molecule has 2 aromatic rings. The van der Waals surface area contributed by atoms with Gasteiger partial charge in [-0.3, -0.25) is 0 Å². The normalized spacial score (nSPS) is 13.3. The van der Waals surface area contributed by atoms with Gasteiger partial charge in [0, 0.05) is 0 Å². The van der Waals surface area contributed by atoms with E-state index in [-0.39, 0.29) is 0 Å². The predicted octanol–water partition coefficient (Wildman–Crippen LogP) is 3.39. The molecule has 3 heteroatoms. The lowest BCUT2D eigenvalue weighted by Gasteiger charge is -2.08. The highest BCUT2D eigenvalue weighted by Crippen LogP contribution is 2.29. The molecule has 0 saturated heterocycles. The molecule has 0 fully saturated rings. The predicted molar refractivity (Wildman–Crippen MR) is 72.1 cm³/mol. The van der Waals surface area contributed by atoms with E-state index in [1.54, 1.807) is 12.1 Å². The number of rotatable bonds is 2. The fraction of sp³-hybridized carbons (Fsp3) is 0.188. The number of carbonyl (C=O) groups is 1. The monoisotopic (exact) mass is 254 g/mol. The molecule has 0 unspecified atom stereocenters. The summed E-state index contributed by atoms with van der Waals surface area (Å²) in [6, 6.07) is 11.5. The highest BCUT2D eigenvalue weighted by molar-refractivity contribution is 5.89. The van der Waals surface area contributed by atoms with Crippen molar-refractivity contribution in [1.82, 2.24) is 0 Å². The van der Waals surface area contributed by atoms with Crippen molar-refractivity contribution in [1.29, 1.82) is 0 Å². The Bertz CT molecular complexity index is 659. The van der Waals surface area contributed by atoms with E-state index in [9.17, 15) is 4.79 Å². The van der Waals surface area contributed by atoms with Crippen LogP contribution in [0.15, 0.2) is 36.4 Å². The van der Waals surface area contributed by atoms with Gasteiger partial charge in [0.2, 0.25) is 0 Å². The van der Waals surface area contributed by atoms with Crippen molar-refractivity contribution in [3.8, 4) is 11.1 Å². The zero-order chi connectivity index (χ0) is 13.4. The fourth-order valence-electron chi connectivity index (χ4n) is 2.46. The summed E-state index contributed by atoms with van der Waals surface area (Å²) in [7, 11) is 0. The SMILES string of the molecule is Cc1cc(C(=O)O)ccc1-c1ccc2c(c1)COC2. The molecule has 0 bridgehead atoms. The number of benzene rings is 2. The molecule has 0 aromatic heterocycles. The van der Waals surface area contributed by atoms with Crippen LogP contribution in [-0.2, 0) is 18.0 Å². The van der Waals surface area contributed by atoms with E-state index >= 15 is 0 Å². The van der Waals surface area contributed by atoms with Crippen LogP contribution < -0.4 is 0 Å². The molecule has 3 rings (SSSR count). The van der Waals surface area contributed by atoms with E-state index in [1.165, 1.54) is 11.1 Å². The van der Waals surface area contributed by atoms with Crippen molar-refractivity contribution >= 4 is 5.97 Å². The maximum atomic E-state index is 10.9. The smallest absolute Gasteiger partial charge is 0.335 e. The van der Waals surface area contributed by atoms with E-state index in [2.05, 4.69) is 18.2 Å². The summed E-state index contributed by atoms with van der Waals surface area (Å²) >= 11 is 0. The number of aryl methyl sites for hydroxylation is 1. The molecule has 3 nitrogen and oxygen atoms in total. The van der Waals surface area contributed by atoms with Crippen LogP contribution in [0.1, 0.15) is 27.0 Å². The van der Waals surface area contributed by atoms with Crippen LogP contribution in [0.3, 0.4) is 0 Å². The van der Waals surface area contributed by atoms with E-state index < -0.39 is 5.97 Å². The second-order valence-electron chi connectivity index (χ2n) is 4.81. The topological polar surface area (TPSA) is 46.5 Å². The van der Waals surface area contributed by atoms with Crippen molar-refractivity contribution in [2.45, 2.75) is 20.1 Å². The van der Waals surface area contributed by atoms with Gasteiger partial charge in [-0.15, -0.1) is 0 Å². The van der Waals surface area contributed by atoms with Crippen LogP contribution in [-0.4, -0.2) is 11.1 Å². The number of hydrogen-bond acceptors (Lipinski definition) is 2. The minimum Gasteiger partial charge on any atom is -0.478 e. The first-order chi connectivity index (χ1) is 9.15. The lowest BCUT2D eigenvalue weighted by atomic mass is 9.96. The lowest BCUT2D eigenvalue weighted by Crippen LogP contribution is -1.97. The molecular formula is C16H14O3. The third-order valence-electron chi connectivity index (χ3n) is 3.51. The first-order valence-electron chi connectivity index (χ1n) is 6.19. The third-order valence-corrected chi connectivity index (χ3v) is 3.51. The molecular weight excluding hydrogens is 240 g/mol. The van der Waals surface area contributed by atoms with Gasteiger partial charge in [0.1, 0.15) is 0 Å². The maximum Gasteiger partial charge on any atom is 0.335 e. The van der Waals surface area contributed by atoms with Gasteiger partial charge in [0.05, 0.1) is 18.8 Å². The molecule has 0 atom stereocenters. The van der Waals surface area contributed by atoms with Crippen LogP contribution in [0.2, 0.25) is 0 Å². The van der Waals surface area contributed by atoms with Gasteiger partial charge in [-0.2, -0.15) is 0 Å². The van der Waals surface area contributed by atoms with E-state index in [0.29, 0.717) is 18.8 Å². The molecule has 96 valence electrons. The Labute approximate surface area is 111 Å². The second-order valence-corrected chi connectivity index (χ2v) is 4.81. The Morgan fingerprint density at radius 2 is 1.89 bits per heavy atom. The Morgan fingerprint density at radius 1 is 1.11 bits per heavy atom. The number of carboxylic acids is 1. The quantitative estimate of drug-likeness (QED) is 0.893. The average molecular weight is 254 g/mol. The number of aromatic carboxylic acids is 1. The van der Waals surface area contributed by atoms with Crippen molar-refractivity contribution in [2.24, 2.45) is 0 Å². The largest absolute Gasteiger partial charge is 0.478 e. The number of hydrogen-bond donors (Lipinski definition) is 1. The Morgan fingerprint density at radius 3 is 2.63 bits per heavy atom. The van der Waals surface area contributed by atoms with Gasteiger partial charge in [0.15, 0.2) is 0 Å². The number of fused-ring (bicyclic) bond motifs is 1. The highest BCUT2D eigenvalue weighted by Gasteiger charge is 2.13. The fourth-order valence-corrected chi connectivity index (χ4v) is 2.46. The summed E-state index contributed by atoms with van der Waals surface area (Å²) in [4.78, 5) is 10.9. The molecule has 1 heterocycles. The summed E-state index contributed by atoms with van der Waals surface area (Å²) in [5, 5.41) is 8.98. The highest BCUT2D eigenvalue weighted by atomic mass is 16.5. The molecule has 2 aromatic carbocycles. The Balaban J connectivity index is 2.05. The minimum absolute atomic E-state index is 0.325. The molecule has 0 spiro atoms. The van der Waals surface area contributed by atoms with Crippen molar-refractivity contribution < 1.29 is 14.6 Å². The number of carboxylic acid groups (broad SMARTS) is 1. The van der Waals surface area contributed by atoms with Gasteiger partial charge < -0.3 is 9.84 Å². The molecule has 1 N–H and O–H groups in total. The number of ether oxygens (including phenoxy) is 1. The molecule has 1 aliphatic rings. The molecule has 19 heavy (non-hydrogen) atoms. The van der Waals surface area contributed by atoms with Crippen LogP contribution in [0.25, 0.3) is 11.1 Å². The standard InChI is InChI=1S/C16H14O3/c1-10-6-12(16(17)18)4-5-15(10)11-2-3-13-8-19-9-14(13)7-11/h2-7H,8-9H2,1H3,(H,17,18). The summed E-state index contributed by atoms with van der Waals surface area (Å²) in [6.07, 6.45) is 0. The van der Waals surface area contributed by atoms with Gasteiger partial charge in [-0.25, -0.2) is 4.79 Å². The first-order valence-corrected chi connectivity index (χ1v) is 6.19. The van der Waals surface area contributed by atoms with Crippen LogP contribution in [0.5, 0.6) is 0 Å². The summed E-state index contributed by atoms with van der Waals surface area (Å²) in [5.74, 6) is -0.892. The summed E-state index contributed by atoms with van der Waals surface area (Å²) < 4.78 is 5.41. The lowest BCUT2D eigenvalue weighted by molar-refractivity contribution is 0.0697. The van der Waals surface area contributed by atoms with Crippen LogP contribution in [0.4, 0.5) is 0 Å². The zero-order valence-electron chi connectivity index (χ0n) is 10.6. The van der Waals surface area contributed by atoms with Crippen molar-refractivity contribution in [2.75, 3.05) is 0 Å². The van der Waals surface area contributed by atoms with Gasteiger partial charge in [-0.05, 0) is 52.9 Å². The summed E-state index contributed by atoms with van der Waals surface area (Å²) in [6.45, 7) is 3.29. The van der Waals surface area contributed by atoms with Crippen molar-refractivity contribution in [3.05, 3.63) is 58.7 Å². The molecule has 1 aliphatic heterocycles. The Hall–Kier alpha value is -2.13. The molecule has 0 radical (unpaired) electrons. The third kappa shape index (κ3) is 2.13. The van der Waals surface area contributed by atoms with E-state index in [4.69, 9.17) is 9.84 Å². The molecule has 0 amide bonds. The second kappa shape index (κ2) is 4.52. The van der Waals surface area contributed by atoms with Crippen LogP contribution >= 0.6 is 0 Å². The minimum atomic E-state index is -0.892. The average Bonchev–Trinajstić information content (AvgIpc) is 2.85.